The van der Waals surface area contributed by atoms with Gasteiger partial charge in [0.2, 0.25) is 0 Å². The van der Waals surface area contributed by atoms with Gasteiger partial charge in [-0.05, 0) is 68.9 Å². The fraction of sp³-hybridized carbons (Fsp3) is 1.00. The molecule has 2 nitrogen and oxygen atoms in total. The third-order valence-corrected chi connectivity index (χ3v) is 6.77. The van der Waals surface area contributed by atoms with Crippen molar-refractivity contribution in [1.82, 2.24) is 4.90 Å². The number of nitrogens with two attached hydrogens (primary N) is 1. The molecule has 3 aliphatic rings. The van der Waals surface area contributed by atoms with Crippen molar-refractivity contribution in [3.63, 3.8) is 0 Å². The quantitative estimate of drug-likeness (QED) is 0.846. The molecule has 2 heteroatoms. The van der Waals surface area contributed by atoms with E-state index in [0.717, 1.165) is 23.8 Å². The topological polar surface area (TPSA) is 29.3 Å². The molecule has 2 N–H and O–H groups in total. The summed E-state index contributed by atoms with van der Waals surface area (Å²) in [5.41, 5.74) is 7.29. The molecule has 0 radical (unpaired) electrons. The Morgan fingerprint density at radius 3 is 2.11 bits per heavy atom. The summed E-state index contributed by atoms with van der Waals surface area (Å²) in [4.78, 5) is 2.77. The number of piperidine rings is 1. The Balaban J connectivity index is 1.58. The van der Waals surface area contributed by atoms with Crippen LogP contribution in [0.1, 0.15) is 65.2 Å². The van der Waals surface area contributed by atoms with E-state index in [2.05, 4.69) is 18.7 Å². The molecule has 1 spiro atoms. The molecule has 1 aliphatic heterocycles. The molecule has 2 aliphatic carbocycles. The van der Waals surface area contributed by atoms with E-state index in [1.807, 2.05) is 0 Å². The summed E-state index contributed by atoms with van der Waals surface area (Å²) < 4.78 is 0. The standard InChI is InChI=1S/C17H32N2/c1-14(2)15-11-17(12-15,13-18)19-9-7-16(8-10-19)5-3-4-6-16/h14-15H,3-13,18H2,1-2H3. The van der Waals surface area contributed by atoms with Crippen LogP contribution in [0.2, 0.25) is 0 Å². The van der Waals surface area contributed by atoms with Crippen LogP contribution < -0.4 is 5.73 Å². The van der Waals surface area contributed by atoms with Gasteiger partial charge in [-0.2, -0.15) is 0 Å². The Bertz CT molecular complexity index is 301. The van der Waals surface area contributed by atoms with Gasteiger partial charge in [-0.15, -0.1) is 0 Å². The molecule has 0 atom stereocenters. The molecule has 0 aromatic rings. The number of hydrogen-bond acceptors (Lipinski definition) is 2. The van der Waals surface area contributed by atoms with Crippen molar-refractivity contribution in [2.24, 2.45) is 23.0 Å². The number of likely N-dealkylation sites (tertiary alicyclic amines) is 1. The molecule has 1 heterocycles. The average Bonchev–Trinajstić information content (AvgIpc) is 2.79. The van der Waals surface area contributed by atoms with Gasteiger partial charge in [-0.25, -0.2) is 0 Å². The molecule has 0 bridgehead atoms. The number of hydrogen-bond donors (Lipinski definition) is 1. The van der Waals surface area contributed by atoms with Crippen molar-refractivity contribution in [3.8, 4) is 0 Å². The highest BCUT2D eigenvalue weighted by molar-refractivity contribution is 5.06. The van der Waals surface area contributed by atoms with Gasteiger partial charge in [0.15, 0.2) is 0 Å². The zero-order valence-corrected chi connectivity index (χ0v) is 13.0. The fourth-order valence-corrected chi connectivity index (χ4v) is 5.02. The van der Waals surface area contributed by atoms with E-state index in [4.69, 9.17) is 5.73 Å². The van der Waals surface area contributed by atoms with Crippen LogP contribution in [-0.4, -0.2) is 30.1 Å². The van der Waals surface area contributed by atoms with Crippen molar-refractivity contribution in [3.05, 3.63) is 0 Å². The van der Waals surface area contributed by atoms with E-state index in [0.29, 0.717) is 5.54 Å². The molecule has 19 heavy (non-hydrogen) atoms. The summed E-state index contributed by atoms with van der Waals surface area (Å²) in [6.07, 6.45) is 11.6. The molecule has 110 valence electrons. The van der Waals surface area contributed by atoms with E-state index < -0.39 is 0 Å². The number of nitrogens with zero attached hydrogens (tertiary/aromatic N) is 1. The predicted molar refractivity (Wildman–Crippen MR) is 81.1 cm³/mol. The van der Waals surface area contributed by atoms with Crippen LogP contribution >= 0.6 is 0 Å². The van der Waals surface area contributed by atoms with Crippen LogP contribution in [0.3, 0.4) is 0 Å². The van der Waals surface area contributed by atoms with E-state index in [1.165, 1.54) is 64.5 Å². The maximum Gasteiger partial charge on any atom is 0.0337 e. The minimum atomic E-state index is 0.384. The highest BCUT2D eigenvalue weighted by atomic mass is 15.2. The van der Waals surface area contributed by atoms with Crippen LogP contribution in [0.25, 0.3) is 0 Å². The van der Waals surface area contributed by atoms with Crippen molar-refractivity contribution in [1.29, 1.82) is 0 Å². The van der Waals surface area contributed by atoms with Gasteiger partial charge in [-0.1, -0.05) is 26.7 Å². The second kappa shape index (κ2) is 5.04. The first-order valence-corrected chi connectivity index (χ1v) is 8.54. The molecule has 2 saturated carbocycles. The lowest BCUT2D eigenvalue weighted by atomic mass is 9.62. The molecular weight excluding hydrogens is 232 g/mol. The largest absolute Gasteiger partial charge is 0.329 e. The maximum absolute atomic E-state index is 6.17. The average molecular weight is 264 g/mol. The third kappa shape index (κ3) is 2.35. The Morgan fingerprint density at radius 1 is 1.05 bits per heavy atom. The molecule has 3 fully saturated rings. The first-order valence-electron chi connectivity index (χ1n) is 8.54. The summed E-state index contributed by atoms with van der Waals surface area (Å²) in [6.45, 7) is 8.26. The van der Waals surface area contributed by atoms with Gasteiger partial charge in [0, 0.05) is 12.1 Å². The molecule has 0 aromatic carbocycles. The Hall–Kier alpha value is -0.0800. The van der Waals surface area contributed by atoms with Crippen LogP contribution in [0, 0.1) is 17.3 Å². The van der Waals surface area contributed by atoms with Crippen LogP contribution in [0.15, 0.2) is 0 Å². The Morgan fingerprint density at radius 2 is 1.63 bits per heavy atom. The first-order chi connectivity index (χ1) is 9.09. The van der Waals surface area contributed by atoms with E-state index >= 15 is 0 Å². The Labute approximate surface area is 119 Å². The highest BCUT2D eigenvalue weighted by Crippen LogP contribution is 2.51. The van der Waals surface area contributed by atoms with Crippen molar-refractivity contribution < 1.29 is 0 Å². The summed E-state index contributed by atoms with van der Waals surface area (Å²) in [5.74, 6) is 1.76. The summed E-state index contributed by atoms with van der Waals surface area (Å²) in [5, 5.41) is 0. The molecule has 0 aromatic heterocycles. The molecule has 3 rings (SSSR count). The van der Waals surface area contributed by atoms with Crippen molar-refractivity contribution >= 4 is 0 Å². The third-order valence-electron chi connectivity index (χ3n) is 6.77. The lowest BCUT2D eigenvalue weighted by Crippen LogP contribution is -2.64. The van der Waals surface area contributed by atoms with Gasteiger partial charge < -0.3 is 5.73 Å². The summed E-state index contributed by atoms with van der Waals surface area (Å²) in [7, 11) is 0. The van der Waals surface area contributed by atoms with E-state index in [9.17, 15) is 0 Å². The second-order valence-corrected chi connectivity index (χ2v) is 8.03. The zero-order chi connectivity index (χ0) is 13.5. The molecule has 0 unspecified atom stereocenters. The Kier molecular flexibility index (Phi) is 3.68. The van der Waals surface area contributed by atoms with Crippen LogP contribution in [0.4, 0.5) is 0 Å². The smallest absolute Gasteiger partial charge is 0.0337 e. The van der Waals surface area contributed by atoms with Crippen molar-refractivity contribution in [2.75, 3.05) is 19.6 Å². The second-order valence-electron chi connectivity index (χ2n) is 8.03. The highest BCUT2D eigenvalue weighted by Gasteiger charge is 2.50. The minimum absolute atomic E-state index is 0.384. The lowest BCUT2D eigenvalue weighted by molar-refractivity contribution is -0.0637. The molecular formula is C17H32N2. The summed E-state index contributed by atoms with van der Waals surface area (Å²) >= 11 is 0. The molecule has 0 amide bonds. The zero-order valence-electron chi connectivity index (χ0n) is 13.0. The summed E-state index contributed by atoms with van der Waals surface area (Å²) in [6, 6.07) is 0. The predicted octanol–water partition coefficient (Wildman–Crippen LogP) is 3.41. The normalized spacial score (nSPS) is 38.8. The maximum atomic E-state index is 6.17. The van der Waals surface area contributed by atoms with Gasteiger partial charge in [0.1, 0.15) is 0 Å². The fourth-order valence-electron chi connectivity index (χ4n) is 5.02. The van der Waals surface area contributed by atoms with Crippen LogP contribution in [-0.2, 0) is 0 Å². The van der Waals surface area contributed by atoms with Gasteiger partial charge in [-0.3, -0.25) is 4.90 Å². The minimum Gasteiger partial charge on any atom is -0.329 e. The van der Waals surface area contributed by atoms with E-state index in [1.54, 1.807) is 0 Å². The van der Waals surface area contributed by atoms with Gasteiger partial charge >= 0.3 is 0 Å². The van der Waals surface area contributed by atoms with Gasteiger partial charge in [0.25, 0.3) is 0 Å². The monoisotopic (exact) mass is 264 g/mol. The lowest BCUT2D eigenvalue weighted by Gasteiger charge is -2.58. The first kappa shape index (κ1) is 13.9. The SMILES string of the molecule is CC(C)C1CC(CN)(N2CCC3(CCCC3)CC2)C1. The number of rotatable bonds is 3. The van der Waals surface area contributed by atoms with E-state index in [-0.39, 0.29) is 0 Å². The van der Waals surface area contributed by atoms with Crippen LogP contribution in [0.5, 0.6) is 0 Å². The van der Waals surface area contributed by atoms with Crippen molar-refractivity contribution in [2.45, 2.75) is 70.8 Å². The molecule has 1 saturated heterocycles. The van der Waals surface area contributed by atoms with Gasteiger partial charge in [0.05, 0.1) is 0 Å².